The molecule has 62 heavy (non-hydrogen) atoms. The van der Waals surface area contributed by atoms with Gasteiger partial charge in [0.1, 0.15) is 35.3 Å². The first-order valence-electron chi connectivity index (χ1n) is 21.6. The van der Waals surface area contributed by atoms with Gasteiger partial charge in [0.05, 0.1) is 31.2 Å². The molecule has 0 radical (unpaired) electrons. The first-order valence-corrected chi connectivity index (χ1v) is 21.6. The summed E-state index contributed by atoms with van der Waals surface area (Å²) in [5.74, 6) is 1.70. The molecule has 12 nitrogen and oxygen atoms in total. The zero-order valence-corrected chi connectivity index (χ0v) is 37.2. The number of likely N-dealkylation sites (tertiary alicyclic amines) is 1. The fourth-order valence-electron chi connectivity index (χ4n) is 8.82. The van der Waals surface area contributed by atoms with E-state index >= 15 is 13.2 Å². The summed E-state index contributed by atoms with van der Waals surface area (Å²) in [6.45, 7) is 13.1. The van der Waals surface area contributed by atoms with E-state index in [1.165, 1.54) is 12.1 Å². The van der Waals surface area contributed by atoms with E-state index in [1.54, 1.807) is 19.1 Å². The molecular formula is C47H60F3N7O5. The standard InChI is InChI=1S/C47H60F3N7O5/c1-30-24-38-40(51-44(61-29-34-10-9-21-54(34)6)53-43(38)57-23-22-55(26-31(57)2)45(58)62-46(3,4)5)25-37(30)42-39(47(48,49)50)19-20-41(52-42)56(27-32-11-15-35(59-7)16-12-32)28-33-13-17-36(60-8)18-14-33/h11-20,30-31,34,37H,9-10,21-29H2,1-8H3/t30?,31-,34-,37?/m0/s1. The van der Waals surface area contributed by atoms with Gasteiger partial charge in [-0.15, -0.1) is 0 Å². The zero-order valence-electron chi connectivity index (χ0n) is 37.2. The van der Waals surface area contributed by atoms with Crippen molar-refractivity contribution < 1.29 is 36.9 Å². The summed E-state index contributed by atoms with van der Waals surface area (Å²) in [6, 6.07) is 18.2. The van der Waals surface area contributed by atoms with Gasteiger partial charge in [0.25, 0.3) is 0 Å². The summed E-state index contributed by atoms with van der Waals surface area (Å²) < 4.78 is 68.1. The number of likely N-dealkylation sites (N-methyl/N-ethyl adjacent to an activating group) is 1. The molecule has 4 atom stereocenters. The van der Waals surface area contributed by atoms with E-state index in [4.69, 9.17) is 33.9 Å². The van der Waals surface area contributed by atoms with E-state index in [0.717, 1.165) is 36.1 Å². The number of methoxy groups -OCH3 is 2. The summed E-state index contributed by atoms with van der Waals surface area (Å²) in [5, 5.41) is 0. The first kappa shape index (κ1) is 44.7. The molecule has 15 heteroatoms. The number of hydrogen-bond donors (Lipinski definition) is 0. The minimum absolute atomic E-state index is 0.00262. The molecule has 334 valence electrons. The summed E-state index contributed by atoms with van der Waals surface area (Å²) in [4.78, 5) is 36.2. The number of hydrogen-bond acceptors (Lipinski definition) is 11. The second-order valence-corrected chi connectivity index (χ2v) is 18.0. The molecule has 2 aromatic heterocycles. The molecule has 1 amide bonds. The number of carbonyl (C=O) groups excluding carboxylic acids is 1. The van der Waals surface area contributed by atoms with Crippen molar-refractivity contribution in [1.82, 2.24) is 24.8 Å². The van der Waals surface area contributed by atoms with Gasteiger partial charge in [-0.3, -0.25) is 0 Å². The predicted octanol–water partition coefficient (Wildman–Crippen LogP) is 8.55. The van der Waals surface area contributed by atoms with Gasteiger partial charge in [-0.1, -0.05) is 31.2 Å². The number of alkyl halides is 3. The Labute approximate surface area is 363 Å². The van der Waals surface area contributed by atoms with Crippen molar-refractivity contribution >= 4 is 17.7 Å². The molecule has 2 fully saturated rings. The number of ether oxygens (including phenoxy) is 4. The number of carbonyl (C=O) groups is 1. The van der Waals surface area contributed by atoms with Crippen LogP contribution in [0.3, 0.4) is 0 Å². The fourth-order valence-corrected chi connectivity index (χ4v) is 8.82. The number of amides is 1. The van der Waals surface area contributed by atoms with Crippen LogP contribution in [0, 0.1) is 5.92 Å². The van der Waals surface area contributed by atoms with Crippen LogP contribution in [0.5, 0.6) is 17.5 Å². The highest BCUT2D eigenvalue weighted by atomic mass is 19.4. The Hall–Kier alpha value is -5.31. The van der Waals surface area contributed by atoms with Crippen LogP contribution < -0.4 is 24.0 Å². The number of benzene rings is 2. The largest absolute Gasteiger partial charge is 0.497 e. The van der Waals surface area contributed by atoms with Crippen LogP contribution in [0.4, 0.5) is 29.6 Å². The molecule has 4 heterocycles. The lowest BCUT2D eigenvalue weighted by atomic mass is 9.75. The van der Waals surface area contributed by atoms with Gasteiger partial charge in [-0.05, 0) is 120 Å². The van der Waals surface area contributed by atoms with Crippen molar-refractivity contribution in [3.63, 3.8) is 0 Å². The lowest BCUT2D eigenvalue weighted by Crippen LogP contribution is -2.55. The van der Waals surface area contributed by atoms with Gasteiger partial charge >= 0.3 is 18.3 Å². The highest BCUT2D eigenvalue weighted by Crippen LogP contribution is 2.45. The SMILES string of the molecule is COc1ccc(CN(Cc2ccc(OC)cc2)c2ccc(C(F)(F)F)c(C3Cc4nc(OC[C@@H]5CCCN5C)nc(N5CCN(C(=O)OC(C)(C)C)C[C@@H]5C)c4CC3C)n2)cc1. The second kappa shape index (κ2) is 18.6. The molecule has 2 aliphatic heterocycles. The quantitative estimate of drug-likeness (QED) is 0.137. The third-order valence-electron chi connectivity index (χ3n) is 12.3. The van der Waals surface area contributed by atoms with Crippen LogP contribution in [0.15, 0.2) is 60.7 Å². The normalized spacial score (nSPS) is 20.8. The van der Waals surface area contributed by atoms with Crippen LogP contribution >= 0.6 is 0 Å². The molecule has 2 unspecified atom stereocenters. The van der Waals surface area contributed by atoms with E-state index in [2.05, 4.69) is 16.8 Å². The molecule has 4 aromatic rings. The van der Waals surface area contributed by atoms with Crippen molar-refractivity contribution in [2.45, 2.75) is 103 Å². The van der Waals surface area contributed by atoms with Crippen LogP contribution in [-0.4, -0.2) is 103 Å². The third kappa shape index (κ3) is 10.5. The number of halogens is 3. The summed E-state index contributed by atoms with van der Waals surface area (Å²) in [7, 11) is 5.29. The van der Waals surface area contributed by atoms with E-state index in [0.29, 0.717) is 74.6 Å². The van der Waals surface area contributed by atoms with Gasteiger partial charge in [-0.25, -0.2) is 9.78 Å². The maximum absolute atomic E-state index is 15.1. The first-order chi connectivity index (χ1) is 29.5. The molecule has 0 spiro atoms. The van der Waals surface area contributed by atoms with E-state index in [-0.39, 0.29) is 42.2 Å². The highest BCUT2D eigenvalue weighted by Gasteiger charge is 2.42. The van der Waals surface area contributed by atoms with E-state index < -0.39 is 23.3 Å². The molecule has 0 saturated carbocycles. The number of anilines is 2. The van der Waals surface area contributed by atoms with Gasteiger partial charge in [0, 0.05) is 56.3 Å². The molecule has 2 aromatic carbocycles. The van der Waals surface area contributed by atoms with Gasteiger partial charge in [-0.2, -0.15) is 23.1 Å². The number of aromatic nitrogens is 3. The predicted molar refractivity (Wildman–Crippen MR) is 232 cm³/mol. The Morgan fingerprint density at radius 2 is 1.48 bits per heavy atom. The average Bonchev–Trinajstić information content (AvgIpc) is 3.65. The van der Waals surface area contributed by atoms with Gasteiger partial charge < -0.3 is 38.5 Å². The Kier molecular flexibility index (Phi) is 13.4. The van der Waals surface area contributed by atoms with Crippen LogP contribution in [-0.2, 0) is 36.8 Å². The van der Waals surface area contributed by atoms with Crippen molar-refractivity contribution in [2.75, 3.05) is 63.9 Å². The fraction of sp³-hybridized carbons (Fsp3) is 0.532. The molecular weight excluding hydrogens is 800 g/mol. The van der Waals surface area contributed by atoms with Gasteiger partial charge in [0.15, 0.2) is 0 Å². The Bertz CT molecular complexity index is 2120. The van der Waals surface area contributed by atoms with Crippen molar-refractivity contribution in [3.05, 3.63) is 94.3 Å². The number of pyridine rings is 1. The minimum atomic E-state index is -4.64. The van der Waals surface area contributed by atoms with E-state index in [1.807, 2.05) is 88.0 Å². The third-order valence-corrected chi connectivity index (χ3v) is 12.3. The lowest BCUT2D eigenvalue weighted by molar-refractivity contribution is -0.138. The lowest BCUT2D eigenvalue weighted by Gasteiger charge is -2.42. The van der Waals surface area contributed by atoms with Crippen LogP contribution in [0.25, 0.3) is 0 Å². The number of nitrogens with zero attached hydrogens (tertiary/aromatic N) is 7. The molecule has 0 N–H and O–H groups in total. The topological polar surface area (TPSA) is 106 Å². The second-order valence-electron chi connectivity index (χ2n) is 18.0. The smallest absolute Gasteiger partial charge is 0.418 e. The van der Waals surface area contributed by atoms with E-state index in [9.17, 15) is 4.79 Å². The minimum Gasteiger partial charge on any atom is -0.497 e. The number of piperazine rings is 1. The van der Waals surface area contributed by atoms with Crippen molar-refractivity contribution in [1.29, 1.82) is 0 Å². The van der Waals surface area contributed by atoms with Crippen LogP contribution in [0.1, 0.15) is 87.0 Å². The highest BCUT2D eigenvalue weighted by molar-refractivity contribution is 5.69. The maximum Gasteiger partial charge on any atom is 0.418 e. The monoisotopic (exact) mass is 859 g/mol. The number of rotatable bonds is 12. The van der Waals surface area contributed by atoms with Gasteiger partial charge in [0.2, 0.25) is 0 Å². The van der Waals surface area contributed by atoms with Crippen molar-refractivity contribution in [3.8, 4) is 17.5 Å². The Morgan fingerprint density at radius 1 is 0.839 bits per heavy atom. The molecule has 0 bridgehead atoms. The average molecular weight is 860 g/mol. The Morgan fingerprint density at radius 3 is 2.03 bits per heavy atom. The van der Waals surface area contributed by atoms with Crippen LogP contribution in [0.2, 0.25) is 0 Å². The number of fused-ring (bicyclic) bond motifs is 1. The molecule has 1 aliphatic carbocycles. The maximum atomic E-state index is 15.1. The zero-order chi connectivity index (χ0) is 44.3. The molecule has 3 aliphatic rings. The molecule has 2 saturated heterocycles. The summed E-state index contributed by atoms with van der Waals surface area (Å²) in [6.07, 6.45) is -2.28. The summed E-state index contributed by atoms with van der Waals surface area (Å²) >= 11 is 0. The Balaban J connectivity index is 1.25. The summed E-state index contributed by atoms with van der Waals surface area (Å²) in [5.41, 5.74) is 2.06. The molecule has 7 rings (SSSR count). The van der Waals surface area contributed by atoms with Crippen molar-refractivity contribution in [2.24, 2.45) is 5.92 Å².